The lowest BCUT2D eigenvalue weighted by molar-refractivity contribution is 0.215. The van der Waals surface area contributed by atoms with Crippen LogP contribution in [0.4, 0.5) is 0 Å². The molecule has 16 heavy (non-hydrogen) atoms. The summed E-state index contributed by atoms with van der Waals surface area (Å²) in [6, 6.07) is 0.783. The molecule has 1 unspecified atom stereocenters. The smallest absolute Gasteiger partial charge is 0.0110 e. The minimum absolute atomic E-state index is 0.783. The molecule has 0 aromatic heterocycles. The van der Waals surface area contributed by atoms with Crippen molar-refractivity contribution in [1.82, 2.24) is 10.2 Å². The molecule has 0 aromatic rings. The lowest BCUT2D eigenvalue weighted by atomic mass is 10.1. The lowest BCUT2D eigenvalue weighted by Gasteiger charge is -2.26. The molecule has 0 spiro atoms. The topological polar surface area (TPSA) is 15.3 Å². The third-order valence-electron chi connectivity index (χ3n) is 3.74. The van der Waals surface area contributed by atoms with Crippen LogP contribution in [-0.2, 0) is 0 Å². The minimum atomic E-state index is 0.783. The van der Waals surface area contributed by atoms with Crippen molar-refractivity contribution in [3.05, 3.63) is 0 Å². The summed E-state index contributed by atoms with van der Waals surface area (Å²) in [5.74, 6) is 0. The third-order valence-corrected chi connectivity index (χ3v) is 3.74. The molecule has 1 atom stereocenters. The van der Waals surface area contributed by atoms with Crippen molar-refractivity contribution in [2.45, 2.75) is 64.8 Å². The Balaban J connectivity index is 2.01. The van der Waals surface area contributed by atoms with Crippen LogP contribution in [0.15, 0.2) is 0 Å². The summed E-state index contributed by atoms with van der Waals surface area (Å²) in [7, 11) is 0. The number of nitrogens with one attached hydrogen (secondary N) is 1. The second kappa shape index (κ2) is 9.00. The largest absolute Gasteiger partial charge is 0.315 e. The van der Waals surface area contributed by atoms with Crippen LogP contribution >= 0.6 is 0 Å². The fourth-order valence-electron chi connectivity index (χ4n) is 2.49. The molecule has 0 bridgehead atoms. The molecule has 1 fully saturated rings. The molecule has 1 rings (SSSR count). The van der Waals surface area contributed by atoms with Gasteiger partial charge in [0.2, 0.25) is 0 Å². The van der Waals surface area contributed by atoms with Crippen LogP contribution < -0.4 is 5.32 Å². The number of hydrogen-bond acceptors (Lipinski definition) is 2. The zero-order valence-electron chi connectivity index (χ0n) is 11.3. The maximum absolute atomic E-state index is 3.48. The molecule has 2 nitrogen and oxygen atoms in total. The summed E-state index contributed by atoms with van der Waals surface area (Å²) in [5, 5.41) is 3.48. The Bertz CT molecular complexity index is 159. The fraction of sp³-hybridized carbons (Fsp3) is 1.00. The second-order valence-electron chi connectivity index (χ2n) is 5.19. The van der Waals surface area contributed by atoms with Crippen molar-refractivity contribution in [3.63, 3.8) is 0 Å². The lowest BCUT2D eigenvalue weighted by Crippen LogP contribution is -2.35. The Kier molecular flexibility index (Phi) is 7.87. The van der Waals surface area contributed by atoms with E-state index in [1.807, 2.05) is 0 Å². The quantitative estimate of drug-likeness (QED) is 0.671. The van der Waals surface area contributed by atoms with Crippen LogP contribution in [0.1, 0.15) is 58.8 Å². The Hall–Kier alpha value is -0.0800. The number of nitrogens with zero attached hydrogens (tertiary/aromatic N) is 1. The Morgan fingerprint density at radius 1 is 1.06 bits per heavy atom. The molecular weight excluding hydrogens is 196 g/mol. The van der Waals surface area contributed by atoms with Gasteiger partial charge in [0.15, 0.2) is 0 Å². The Morgan fingerprint density at radius 3 is 2.62 bits per heavy atom. The van der Waals surface area contributed by atoms with Crippen LogP contribution in [0.2, 0.25) is 0 Å². The Morgan fingerprint density at radius 2 is 1.81 bits per heavy atom. The highest BCUT2D eigenvalue weighted by Crippen LogP contribution is 2.10. The summed E-state index contributed by atoms with van der Waals surface area (Å²) in [6.07, 6.45) is 9.79. The van der Waals surface area contributed by atoms with Crippen molar-refractivity contribution in [2.75, 3.05) is 26.2 Å². The predicted molar refractivity (Wildman–Crippen MR) is 71.9 cm³/mol. The first kappa shape index (κ1) is 14.0. The van der Waals surface area contributed by atoms with E-state index < -0.39 is 0 Å². The monoisotopic (exact) mass is 226 g/mol. The summed E-state index contributed by atoms with van der Waals surface area (Å²) in [5.41, 5.74) is 0. The van der Waals surface area contributed by atoms with Crippen LogP contribution in [0.5, 0.6) is 0 Å². The molecule has 1 aliphatic heterocycles. The first-order valence-electron chi connectivity index (χ1n) is 7.29. The van der Waals surface area contributed by atoms with E-state index in [4.69, 9.17) is 0 Å². The standard InChI is InChI=1S/C14H30N2/c1-3-4-5-6-7-8-12-16-13-11-15-10-9-14(16)2/h14-15H,3-13H2,1-2H3. The van der Waals surface area contributed by atoms with E-state index >= 15 is 0 Å². The second-order valence-corrected chi connectivity index (χ2v) is 5.19. The van der Waals surface area contributed by atoms with Gasteiger partial charge in [-0.05, 0) is 32.9 Å². The minimum Gasteiger partial charge on any atom is -0.315 e. The first-order chi connectivity index (χ1) is 7.84. The van der Waals surface area contributed by atoms with Crippen molar-refractivity contribution in [2.24, 2.45) is 0 Å². The van der Waals surface area contributed by atoms with Crippen molar-refractivity contribution in [1.29, 1.82) is 0 Å². The molecule has 1 aliphatic rings. The summed E-state index contributed by atoms with van der Waals surface area (Å²) in [6.45, 7) is 9.61. The van der Waals surface area contributed by atoms with Gasteiger partial charge in [0.1, 0.15) is 0 Å². The van der Waals surface area contributed by atoms with Gasteiger partial charge in [0.25, 0.3) is 0 Å². The van der Waals surface area contributed by atoms with Gasteiger partial charge in [0, 0.05) is 19.1 Å². The fourth-order valence-corrected chi connectivity index (χ4v) is 2.49. The van der Waals surface area contributed by atoms with E-state index in [0.29, 0.717) is 0 Å². The summed E-state index contributed by atoms with van der Waals surface area (Å²) >= 11 is 0. The maximum atomic E-state index is 3.48. The molecule has 96 valence electrons. The van der Waals surface area contributed by atoms with Gasteiger partial charge >= 0.3 is 0 Å². The van der Waals surface area contributed by atoms with Gasteiger partial charge in [-0.3, -0.25) is 4.90 Å². The highest BCUT2D eigenvalue weighted by molar-refractivity contribution is 4.73. The Labute approximate surface area is 102 Å². The third kappa shape index (κ3) is 5.86. The summed E-state index contributed by atoms with van der Waals surface area (Å²) < 4.78 is 0. The van der Waals surface area contributed by atoms with Crippen molar-refractivity contribution < 1.29 is 0 Å². The van der Waals surface area contributed by atoms with E-state index in [-0.39, 0.29) is 0 Å². The zero-order valence-corrected chi connectivity index (χ0v) is 11.3. The summed E-state index contributed by atoms with van der Waals surface area (Å²) in [4.78, 5) is 2.67. The van der Waals surface area contributed by atoms with Crippen LogP contribution in [0, 0.1) is 0 Å². The van der Waals surface area contributed by atoms with E-state index in [9.17, 15) is 0 Å². The molecule has 0 aliphatic carbocycles. The molecule has 0 amide bonds. The molecule has 0 saturated carbocycles. The molecule has 2 heteroatoms. The van der Waals surface area contributed by atoms with Gasteiger partial charge < -0.3 is 5.32 Å². The zero-order chi connectivity index (χ0) is 11.6. The molecule has 1 saturated heterocycles. The van der Waals surface area contributed by atoms with Gasteiger partial charge in [0.05, 0.1) is 0 Å². The predicted octanol–water partition coefficient (Wildman–Crippen LogP) is 3.03. The molecule has 1 N–H and O–H groups in total. The molecule has 0 aromatic carbocycles. The van der Waals surface area contributed by atoms with E-state index in [1.54, 1.807) is 0 Å². The molecular formula is C14H30N2. The molecule has 0 radical (unpaired) electrons. The van der Waals surface area contributed by atoms with Gasteiger partial charge in [-0.15, -0.1) is 0 Å². The van der Waals surface area contributed by atoms with Crippen LogP contribution in [0.3, 0.4) is 0 Å². The number of hydrogen-bond donors (Lipinski definition) is 1. The van der Waals surface area contributed by atoms with E-state index in [2.05, 4.69) is 24.1 Å². The normalized spacial score (nSPS) is 23.2. The average Bonchev–Trinajstić information content (AvgIpc) is 2.49. The van der Waals surface area contributed by atoms with E-state index in [1.165, 1.54) is 71.1 Å². The van der Waals surface area contributed by atoms with Crippen LogP contribution in [0.25, 0.3) is 0 Å². The van der Waals surface area contributed by atoms with Crippen molar-refractivity contribution in [3.8, 4) is 0 Å². The molecule has 1 heterocycles. The van der Waals surface area contributed by atoms with E-state index in [0.717, 1.165) is 6.04 Å². The first-order valence-corrected chi connectivity index (χ1v) is 7.29. The van der Waals surface area contributed by atoms with Gasteiger partial charge in [-0.25, -0.2) is 0 Å². The number of rotatable bonds is 7. The average molecular weight is 226 g/mol. The highest BCUT2D eigenvalue weighted by atomic mass is 15.2. The van der Waals surface area contributed by atoms with Crippen LogP contribution in [-0.4, -0.2) is 37.1 Å². The van der Waals surface area contributed by atoms with Gasteiger partial charge in [-0.2, -0.15) is 0 Å². The SMILES string of the molecule is CCCCCCCCN1CCNCCC1C. The number of unbranched alkanes of at least 4 members (excludes halogenated alkanes) is 5. The maximum Gasteiger partial charge on any atom is 0.0110 e. The van der Waals surface area contributed by atoms with Gasteiger partial charge in [-0.1, -0.05) is 39.0 Å². The van der Waals surface area contributed by atoms with Crippen molar-refractivity contribution >= 4 is 0 Å². The highest BCUT2D eigenvalue weighted by Gasteiger charge is 2.15.